The molecule has 5 nitrogen and oxygen atoms in total. The van der Waals surface area contributed by atoms with E-state index < -0.39 is 5.60 Å². The third kappa shape index (κ3) is 8.84. The smallest absolute Gasteiger partial charge is 0.410 e. The van der Waals surface area contributed by atoms with E-state index >= 15 is 0 Å². The number of nitrogens with one attached hydrogen (secondary N) is 1. The van der Waals surface area contributed by atoms with Crippen molar-refractivity contribution in [1.29, 1.82) is 0 Å². The van der Waals surface area contributed by atoms with Gasteiger partial charge in [0, 0.05) is 26.6 Å². The summed E-state index contributed by atoms with van der Waals surface area (Å²) in [5.74, 6) is 0.0653. The third-order valence-corrected chi connectivity index (χ3v) is 2.27. The Morgan fingerprint density at radius 1 is 1.22 bits per heavy atom. The first-order valence-corrected chi connectivity index (χ1v) is 6.47. The molecule has 0 aliphatic carbocycles. The molecule has 0 radical (unpaired) electrons. The van der Waals surface area contributed by atoms with E-state index in [4.69, 9.17) is 4.74 Å². The number of hydrogen-bond acceptors (Lipinski definition) is 3. The normalized spacial score (nSPS) is 10.9. The van der Waals surface area contributed by atoms with E-state index in [1.807, 2.05) is 27.7 Å². The Bertz CT molecular complexity index is 272. The van der Waals surface area contributed by atoms with Gasteiger partial charge in [-0.1, -0.05) is 6.92 Å². The highest BCUT2D eigenvalue weighted by Gasteiger charge is 2.18. The van der Waals surface area contributed by atoms with Crippen LogP contribution in [0.25, 0.3) is 0 Å². The quantitative estimate of drug-likeness (QED) is 0.743. The van der Waals surface area contributed by atoms with Gasteiger partial charge in [0.25, 0.3) is 0 Å². The van der Waals surface area contributed by atoms with E-state index in [2.05, 4.69) is 5.32 Å². The van der Waals surface area contributed by atoms with Gasteiger partial charge < -0.3 is 15.0 Å². The first-order chi connectivity index (χ1) is 8.26. The lowest BCUT2D eigenvalue weighted by atomic mass is 10.2. The molecule has 0 aromatic heterocycles. The Morgan fingerprint density at radius 2 is 1.83 bits per heavy atom. The summed E-state index contributed by atoms with van der Waals surface area (Å²) in [5, 5.41) is 2.80. The maximum Gasteiger partial charge on any atom is 0.410 e. The van der Waals surface area contributed by atoms with Crippen LogP contribution in [0.4, 0.5) is 4.79 Å². The number of carbonyl (C=O) groups is 2. The molecule has 0 saturated heterocycles. The van der Waals surface area contributed by atoms with Gasteiger partial charge >= 0.3 is 6.09 Å². The van der Waals surface area contributed by atoms with Crippen molar-refractivity contribution in [3.05, 3.63) is 0 Å². The van der Waals surface area contributed by atoms with E-state index in [1.54, 1.807) is 11.9 Å². The maximum absolute atomic E-state index is 11.6. The number of nitrogens with zero attached hydrogens (tertiary/aromatic N) is 1. The largest absolute Gasteiger partial charge is 0.444 e. The molecule has 0 saturated carbocycles. The van der Waals surface area contributed by atoms with Crippen molar-refractivity contribution >= 4 is 12.0 Å². The van der Waals surface area contributed by atoms with Crippen LogP contribution in [-0.4, -0.2) is 42.6 Å². The van der Waals surface area contributed by atoms with Crippen LogP contribution in [0.3, 0.4) is 0 Å². The second-order valence-corrected chi connectivity index (χ2v) is 5.31. The average molecular weight is 258 g/mol. The summed E-state index contributed by atoms with van der Waals surface area (Å²) < 4.78 is 5.23. The Kier molecular flexibility index (Phi) is 7.39. The molecule has 0 aromatic rings. The van der Waals surface area contributed by atoms with Crippen LogP contribution < -0.4 is 5.32 Å². The van der Waals surface area contributed by atoms with Gasteiger partial charge in [0.15, 0.2) is 0 Å². The zero-order chi connectivity index (χ0) is 14.2. The molecule has 18 heavy (non-hydrogen) atoms. The lowest BCUT2D eigenvalue weighted by Gasteiger charge is -2.24. The van der Waals surface area contributed by atoms with Gasteiger partial charge in [-0.3, -0.25) is 4.79 Å². The zero-order valence-electron chi connectivity index (χ0n) is 12.2. The predicted molar refractivity (Wildman–Crippen MR) is 71.4 cm³/mol. The van der Waals surface area contributed by atoms with E-state index in [9.17, 15) is 9.59 Å². The summed E-state index contributed by atoms with van der Waals surface area (Å²) >= 11 is 0. The Morgan fingerprint density at radius 3 is 2.33 bits per heavy atom. The minimum absolute atomic E-state index is 0.0653. The van der Waals surface area contributed by atoms with E-state index in [1.165, 1.54) is 0 Å². The van der Waals surface area contributed by atoms with Gasteiger partial charge in [-0.15, -0.1) is 0 Å². The summed E-state index contributed by atoms with van der Waals surface area (Å²) in [6, 6.07) is 0. The third-order valence-electron chi connectivity index (χ3n) is 2.27. The average Bonchev–Trinajstić information content (AvgIpc) is 2.25. The monoisotopic (exact) mass is 258 g/mol. The van der Waals surface area contributed by atoms with Gasteiger partial charge in [0.2, 0.25) is 5.91 Å². The molecule has 0 unspecified atom stereocenters. The number of amides is 2. The summed E-state index contributed by atoms with van der Waals surface area (Å²) in [5.41, 5.74) is -0.458. The van der Waals surface area contributed by atoms with E-state index in [0.29, 0.717) is 19.5 Å². The van der Waals surface area contributed by atoms with Crippen LogP contribution in [0.1, 0.15) is 47.0 Å². The molecule has 0 aliphatic heterocycles. The van der Waals surface area contributed by atoms with E-state index in [0.717, 1.165) is 12.8 Å². The summed E-state index contributed by atoms with van der Waals surface area (Å²) in [7, 11) is 1.72. The van der Waals surface area contributed by atoms with Crippen LogP contribution in [-0.2, 0) is 9.53 Å². The van der Waals surface area contributed by atoms with Crippen molar-refractivity contribution in [1.82, 2.24) is 10.2 Å². The van der Waals surface area contributed by atoms with Gasteiger partial charge in [-0.25, -0.2) is 4.79 Å². The Balaban J connectivity index is 3.67. The van der Waals surface area contributed by atoms with Crippen molar-refractivity contribution in [2.45, 2.75) is 52.6 Å². The van der Waals surface area contributed by atoms with E-state index in [-0.39, 0.29) is 12.0 Å². The molecule has 0 spiro atoms. The summed E-state index contributed by atoms with van der Waals surface area (Å²) in [6.45, 7) is 8.66. The number of ether oxygens (including phenoxy) is 1. The van der Waals surface area contributed by atoms with Crippen LogP contribution >= 0.6 is 0 Å². The lowest BCUT2D eigenvalue weighted by Crippen LogP contribution is -2.35. The first kappa shape index (κ1) is 16.7. The molecular weight excluding hydrogens is 232 g/mol. The highest BCUT2D eigenvalue weighted by atomic mass is 16.6. The maximum atomic E-state index is 11.6. The Labute approximate surface area is 110 Å². The number of unbranched alkanes of at least 4 members (excludes halogenated alkanes) is 1. The SMILES string of the molecule is CCC(=O)NCCCCN(C)C(=O)OC(C)(C)C. The first-order valence-electron chi connectivity index (χ1n) is 6.47. The molecule has 1 N–H and O–H groups in total. The van der Waals surface area contributed by atoms with Crippen LogP contribution in [0.5, 0.6) is 0 Å². The standard InChI is InChI=1S/C13H26N2O3/c1-6-11(16)14-9-7-8-10-15(5)12(17)18-13(2,3)4/h6-10H2,1-5H3,(H,14,16). The molecule has 0 atom stereocenters. The fraction of sp³-hybridized carbons (Fsp3) is 0.846. The highest BCUT2D eigenvalue weighted by molar-refractivity contribution is 5.75. The van der Waals surface area contributed by atoms with Crippen LogP contribution in [0.2, 0.25) is 0 Å². The number of rotatable bonds is 6. The second kappa shape index (κ2) is 7.95. The predicted octanol–water partition coefficient (Wildman–Crippen LogP) is 2.16. The van der Waals surface area contributed by atoms with Gasteiger partial charge in [-0.05, 0) is 33.6 Å². The van der Waals surface area contributed by atoms with Crippen molar-refractivity contribution in [2.75, 3.05) is 20.1 Å². The molecule has 2 amide bonds. The summed E-state index contributed by atoms with van der Waals surface area (Å²) in [6.07, 6.45) is 1.91. The second-order valence-electron chi connectivity index (χ2n) is 5.31. The molecule has 5 heteroatoms. The highest BCUT2D eigenvalue weighted by Crippen LogP contribution is 2.09. The molecular formula is C13H26N2O3. The van der Waals surface area contributed by atoms with Gasteiger partial charge in [0.1, 0.15) is 5.60 Å². The van der Waals surface area contributed by atoms with Gasteiger partial charge in [-0.2, -0.15) is 0 Å². The van der Waals surface area contributed by atoms with Crippen molar-refractivity contribution in [3.63, 3.8) is 0 Å². The molecule has 0 aliphatic rings. The molecule has 0 fully saturated rings. The lowest BCUT2D eigenvalue weighted by molar-refractivity contribution is -0.120. The fourth-order valence-corrected chi connectivity index (χ4v) is 1.26. The summed E-state index contributed by atoms with van der Waals surface area (Å²) in [4.78, 5) is 24.2. The van der Waals surface area contributed by atoms with Crippen LogP contribution in [0.15, 0.2) is 0 Å². The van der Waals surface area contributed by atoms with Crippen molar-refractivity contribution < 1.29 is 14.3 Å². The van der Waals surface area contributed by atoms with Crippen LogP contribution in [0, 0.1) is 0 Å². The minimum Gasteiger partial charge on any atom is -0.444 e. The molecule has 0 heterocycles. The number of hydrogen-bond donors (Lipinski definition) is 1. The molecule has 106 valence electrons. The Hall–Kier alpha value is -1.26. The van der Waals surface area contributed by atoms with Crippen molar-refractivity contribution in [2.24, 2.45) is 0 Å². The fourth-order valence-electron chi connectivity index (χ4n) is 1.26. The molecule has 0 bridgehead atoms. The molecule has 0 aromatic carbocycles. The minimum atomic E-state index is -0.458. The van der Waals surface area contributed by atoms with Gasteiger partial charge in [0.05, 0.1) is 0 Å². The zero-order valence-corrected chi connectivity index (χ0v) is 12.2. The topological polar surface area (TPSA) is 58.6 Å². The number of carbonyl (C=O) groups excluding carboxylic acids is 2. The molecule has 0 rings (SSSR count). The van der Waals surface area contributed by atoms with Crippen molar-refractivity contribution in [3.8, 4) is 0 Å².